The van der Waals surface area contributed by atoms with Crippen LogP contribution in [-0.4, -0.2) is 47.7 Å². The second kappa shape index (κ2) is 6.19. The molecule has 0 rings (SSSR count). The molecule has 0 aromatic heterocycles. The van der Waals surface area contributed by atoms with Gasteiger partial charge in [-0.2, -0.15) is 0 Å². The van der Waals surface area contributed by atoms with E-state index in [2.05, 4.69) is 9.47 Å². The summed E-state index contributed by atoms with van der Waals surface area (Å²) in [5.74, 6) is 0. The van der Waals surface area contributed by atoms with E-state index in [0.29, 0.717) is 0 Å². The summed E-state index contributed by atoms with van der Waals surface area (Å²) >= 11 is 0. The molecule has 0 N–H and O–H groups in total. The predicted octanol–water partition coefficient (Wildman–Crippen LogP) is -0.517. The standard InChI is InChI=1S/C3H6O3.Pb.2H/c1-5-3(4)6-2;;;/h1-2H3;;;. The molecule has 0 aliphatic rings. The van der Waals surface area contributed by atoms with E-state index in [0.717, 1.165) is 0 Å². The summed E-state index contributed by atoms with van der Waals surface area (Å²) < 4.78 is 8.08. The summed E-state index contributed by atoms with van der Waals surface area (Å²) in [6.07, 6.45) is -0.657. The van der Waals surface area contributed by atoms with E-state index in [9.17, 15) is 4.79 Å². The number of rotatable bonds is 0. The van der Waals surface area contributed by atoms with E-state index in [4.69, 9.17) is 0 Å². The third-order valence-electron chi connectivity index (χ3n) is 0.333. The van der Waals surface area contributed by atoms with Gasteiger partial charge in [0.2, 0.25) is 0 Å². The quantitative estimate of drug-likeness (QED) is 0.446. The molecule has 0 unspecified atom stereocenters. The van der Waals surface area contributed by atoms with Gasteiger partial charge in [-0.25, -0.2) is 4.79 Å². The Balaban J connectivity index is 0. The van der Waals surface area contributed by atoms with Crippen LogP contribution in [0.3, 0.4) is 0 Å². The summed E-state index contributed by atoms with van der Waals surface area (Å²) in [6, 6.07) is 0. The van der Waals surface area contributed by atoms with E-state index in [-0.39, 0.29) is 27.3 Å². The summed E-state index contributed by atoms with van der Waals surface area (Å²) in [5, 5.41) is 0. The minimum atomic E-state index is -0.657. The second-order valence-corrected chi connectivity index (χ2v) is 0.658. The van der Waals surface area contributed by atoms with Crippen molar-refractivity contribution in [1.29, 1.82) is 0 Å². The van der Waals surface area contributed by atoms with Crippen molar-refractivity contribution in [2.75, 3.05) is 14.2 Å². The van der Waals surface area contributed by atoms with Gasteiger partial charge in [-0.1, -0.05) is 0 Å². The van der Waals surface area contributed by atoms with E-state index >= 15 is 0 Å². The van der Waals surface area contributed by atoms with Crippen molar-refractivity contribution in [3.63, 3.8) is 0 Å². The molecular weight excluding hydrogens is 291 g/mol. The van der Waals surface area contributed by atoms with Gasteiger partial charge in [-0.05, 0) is 0 Å². The Bertz CT molecular complexity index is 48.1. The van der Waals surface area contributed by atoms with Crippen molar-refractivity contribution in [2.45, 2.75) is 0 Å². The maximum atomic E-state index is 9.74. The van der Waals surface area contributed by atoms with Gasteiger partial charge in [0, 0.05) is 0 Å². The fourth-order valence-corrected chi connectivity index (χ4v) is 0.0833. The van der Waals surface area contributed by atoms with Gasteiger partial charge in [-0.15, -0.1) is 0 Å². The van der Waals surface area contributed by atoms with E-state index < -0.39 is 6.16 Å². The Hall–Kier alpha value is 0.192. The van der Waals surface area contributed by atoms with Gasteiger partial charge in [0.15, 0.2) is 0 Å². The monoisotopic (exact) mass is 300 g/mol. The summed E-state index contributed by atoms with van der Waals surface area (Å²) in [7, 11) is 2.51. The number of hydrogen-bond acceptors (Lipinski definition) is 3. The molecule has 0 aromatic rings. The van der Waals surface area contributed by atoms with Gasteiger partial charge >= 0.3 is 33.5 Å². The first-order valence-corrected chi connectivity index (χ1v) is 1.43. The molecule has 0 aromatic carbocycles. The van der Waals surface area contributed by atoms with Crippen molar-refractivity contribution in [3.05, 3.63) is 0 Å². The van der Waals surface area contributed by atoms with E-state index in [1.807, 2.05) is 0 Å². The van der Waals surface area contributed by atoms with Gasteiger partial charge in [0.1, 0.15) is 0 Å². The van der Waals surface area contributed by atoms with Crippen LogP contribution in [0.25, 0.3) is 0 Å². The Morgan fingerprint density at radius 3 is 1.57 bits per heavy atom. The van der Waals surface area contributed by atoms with Crippen molar-refractivity contribution in [2.24, 2.45) is 0 Å². The molecule has 0 amide bonds. The zero-order chi connectivity index (χ0) is 4.99. The summed E-state index contributed by atoms with van der Waals surface area (Å²) in [5.41, 5.74) is 0. The average Bonchev–Trinajstić information content (AvgIpc) is 1.65. The molecule has 0 heterocycles. The molecule has 0 spiro atoms. The van der Waals surface area contributed by atoms with Crippen LogP contribution in [0.2, 0.25) is 0 Å². The van der Waals surface area contributed by atoms with Crippen LogP contribution in [0.15, 0.2) is 0 Å². The first-order chi connectivity index (χ1) is 2.81. The Morgan fingerprint density at radius 1 is 1.29 bits per heavy atom. The third kappa shape index (κ3) is 6.19. The Morgan fingerprint density at radius 2 is 1.57 bits per heavy atom. The Labute approximate surface area is 62.1 Å². The fourth-order valence-electron chi connectivity index (χ4n) is 0.0833. The fraction of sp³-hybridized carbons (Fsp3) is 0.667. The van der Waals surface area contributed by atoms with E-state index in [1.54, 1.807) is 0 Å². The number of carbonyl (C=O) groups is 1. The van der Waals surface area contributed by atoms with Crippen LogP contribution < -0.4 is 0 Å². The molecule has 0 saturated carbocycles. The number of methoxy groups -OCH3 is 2. The molecule has 0 aliphatic heterocycles. The van der Waals surface area contributed by atoms with Crippen LogP contribution in [0.1, 0.15) is 0 Å². The molecule has 0 bridgehead atoms. The molecule has 0 atom stereocenters. The maximum absolute atomic E-state index is 9.74. The average molecular weight is 299 g/mol. The van der Waals surface area contributed by atoms with Gasteiger partial charge < -0.3 is 9.47 Å². The van der Waals surface area contributed by atoms with Crippen LogP contribution in [-0.2, 0) is 9.47 Å². The molecule has 3 nitrogen and oxygen atoms in total. The molecule has 0 saturated heterocycles. The predicted molar refractivity (Wildman–Crippen MR) is 28.0 cm³/mol. The summed E-state index contributed by atoms with van der Waals surface area (Å²) in [4.78, 5) is 9.74. The second-order valence-electron chi connectivity index (χ2n) is 0.658. The number of carbonyl (C=O) groups excluding carboxylic acids is 1. The zero-order valence-corrected chi connectivity index (χ0v) is 9.93. The number of hydrogen-bond donors (Lipinski definition) is 0. The normalized spacial score (nSPS) is 6.00. The van der Waals surface area contributed by atoms with Crippen molar-refractivity contribution >= 4 is 33.5 Å². The topological polar surface area (TPSA) is 35.5 Å². The molecule has 42 valence electrons. The Kier molecular flexibility index (Phi) is 9.05. The molecule has 0 fully saturated rings. The van der Waals surface area contributed by atoms with E-state index in [1.165, 1.54) is 14.2 Å². The first kappa shape index (κ1) is 10.2. The summed E-state index contributed by atoms with van der Waals surface area (Å²) in [6.45, 7) is 0. The third-order valence-corrected chi connectivity index (χ3v) is 0.333. The van der Waals surface area contributed by atoms with Crippen LogP contribution >= 0.6 is 0 Å². The molecule has 2 radical (unpaired) electrons. The van der Waals surface area contributed by atoms with Crippen LogP contribution in [0, 0.1) is 0 Å². The van der Waals surface area contributed by atoms with Gasteiger partial charge in [0.25, 0.3) is 0 Å². The first-order valence-electron chi connectivity index (χ1n) is 1.43. The van der Waals surface area contributed by atoms with Crippen molar-refractivity contribution in [3.8, 4) is 0 Å². The van der Waals surface area contributed by atoms with Crippen molar-refractivity contribution in [1.82, 2.24) is 0 Å². The minimum absolute atomic E-state index is 0. The SMILES string of the molecule is COC(=O)OC.[PbH2]. The van der Waals surface area contributed by atoms with Crippen LogP contribution in [0.5, 0.6) is 0 Å². The van der Waals surface area contributed by atoms with Crippen molar-refractivity contribution < 1.29 is 14.3 Å². The molecule has 0 aliphatic carbocycles. The zero-order valence-electron chi connectivity index (χ0n) is 4.43. The van der Waals surface area contributed by atoms with Gasteiger partial charge in [-0.3, -0.25) is 0 Å². The number of ether oxygens (including phenoxy) is 2. The van der Waals surface area contributed by atoms with Gasteiger partial charge in [0.05, 0.1) is 14.2 Å². The molecular formula is C3H8O3Pb. The molecule has 7 heavy (non-hydrogen) atoms. The molecule has 4 heteroatoms. The van der Waals surface area contributed by atoms with Crippen LogP contribution in [0.4, 0.5) is 4.79 Å².